The number of hydrazone groups is 1. The molecule has 138 valence electrons. The second kappa shape index (κ2) is 7.02. The summed E-state index contributed by atoms with van der Waals surface area (Å²) in [5.74, 6) is 0.766. The fourth-order valence-electron chi connectivity index (χ4n) is 3.23. The maximum atomic E-state index is 5.75. The molecule has 0 aliphatic carbocycles. The molecule has 27 heavy (non-hydrogen) atoms. The average molecular weight is 379 g/mol. The van der Waals surface area contributed by atoms with Gasteiger partial charge in [-0.05, 0) is 43.5 Å². The Hall–Kier alpha value is -2.90. The van der Waals surface area contributed by atoms with Gasteiger partial charge in [-0.3, -0.25) is 10.1 Å². The van der Waals surface area contributed by atoms with E-state index in [9.17, 15) is 0 Å². The highest BCUT2D eigenvalue weighted by Crippen LogP contribution is 2.19. The molecule has 2 heterocycles. The fraction of sp³-hybridized carbons (Fsp3) is 0.200. The van der Waals surface area contributed by atoms with Gasteiger partial charge in [0.2, 0.25) is 0 Å². The molecular formula is C20H22N6S. The van der Waals surface area contributed by atoms with Crippen LogP contribution in [-0.2, 0) is 6.54 Å². The van der Waals surface area contributed by atoms with Crippen LogP contribution in [0.4, 0.5) is 0 Å². The van der Waals surface area contributed by atoms with E-state index in [1.54, 1.807) is 0 Å². The predicted molar refractivity (Wildman–Crippen MR) is 110 cm³/mol. The van der Waals surface area contributed by atoms with Gasteiger partial charge in [-0.15, -0.1) is 10.6 Å². The van der Waals surface area contributed by atoms with E-state index < -0.39 is 0 Å². The number of aromatic nitrogens is 2. The fourth-order valence-corrected chi connectivity index (χ4v) is 3.54. The zero-order valence-electron chi connectivity index (χ0n) is 15.6. The molecule has 3 aromatic rings. The van der Waals surface area contributed by atoms with Crippen molar-refractivity contribution in [1.29, 1.82) is 0 Å². The van der Waals surface area contributed by atoms with Crippen LogP contribution in [0.25, 0.3) is 5.69 Å². The maximum Gasteiger partial charge on any atom is 0.177 e. The molecule has 0 amide bonds. The first kappa shape index (κ1) is 17.5. The highest BCUT2D eigenvalue weighted by molar-refractivity contribution is 7.71. The van der Waals surface area contributed by atoms with E-state index in [0.717, 1.165) is 22.6 Å². The molecule has 0 atom stereocenters. The zero-order chi connectivity index (χ0) is 19.0. The van der Waals surface area contributed by atoms with Gasteiger partial charge in [-0.2, -0.15) is 0 Å². The summed E-state index contributed by atoms with van der Waals surface area (Å²) in [5.41, 5.74) is 12.6. The van der Waals surface area contributed by atoms with Crippen molar-refractivity contribution in [3.8, 4) is 5.69 Å². The lowest BCUT2D eigenvalue weighted by atomic mass is 10.1. The molecule has 6 nitrogen and oxygen atoms in total. The summed E-state index contributed by atoms with van der Waals surface area (Å²) in [4.78, 5) is 0. The van der Waals surface area contributed by atoms with Crippen molar-refractivity contribution in [2.24, 2.45) is 5.10 Å². The Morgan fingerprint density at radius 1 is 1.04 bits per heavy atom. The molecule has 2 aromatic carbocycles. The molecule has 0 fully saturated rings. The van der Waals surface area contributed by atoms with Gasteiger partial charge in [0.1, 0.15) is 4.64 Å². The van der Waals surface area contributed by atoms with E-state index >= 15 is 0 Å². The first-order valence-electron chi connectivity index (χ1n) is 8.83. The van der Waals surface area contributed by atoms with Crippen LogP contribution in [0.1, 0.15) is 27.8 Å². The van der Waals surface area contributed by atoms with Crippen LogP contribution in [-0.4, -0.2) is 20.6 Å². The van der Waals surface area contributed by atoms with E-state index in [2.05, 4.69) is 84.5 Å². The summed E-state index contributed by atoms with van der Waals surface area (Å²) in [7, 11) is 0. The number of aryl methyl sites for hydroxylation is 3. The molecule has 7 heteroatoms. The first-order chi connectivity index (χ1) is 13.0. The van der Waals surface area contributed by atoms with Crippen molar-refractivity contribution in [3.63, 3.8) is 0 Å². The van der Waals surface area contributed by atoms with Gasteiger partial charge in [-0.1, -0.05) is 54.2 Å². The Bertz CT molecular complexity index is 1080. The van der Waals surface area contributed by atoms with Gasteiger partial charge in [0.15, 0.2) is 5.84 Å². The molecule has 1 aliphatic rings. The Labute approximate surface area is 163 Å². The Morgan fingerprint density at radius 2 is 1.85 bits per heavy atom. The maximum absolute atomic E-state index is 5.75. The molecule has 3 N–H and O–H groups in total. The summed E-state index contributed by atoms with van der Waals surface area (Å²) < 4.78 is 2.63. The molecule has 4 rings (SSSR count). The molecule has 0 bridgehead atoms. The van der Waals surface area contributed by atoms with Crippen molar-refractivity contribution < 1.29 is 0 Å². The highest BCUT2D eigenvalue weighted by atomic mass is 32.1. The number of H-pyrrole nitrogens is 1. The van der Waals surface area contributed by atoms with Crippen molar-refractivity contribution in [2.45, 2.75) is 27.3 Å². The first-order valence-corrected chi connectivity index (χ1v) is 9.23. The summed E-state index contributed by atoms with van der Waals surface area (Å²) >= 11 is 5.75. The van der Waals surface area contributed by atoms with Crippen LogP contribution >= 0.6 is 12.2 Å². The quantitative estimate of drug-likeness (QED) is 0.607. The number of benzene rings is 2. The van der Waals surface area contributed by atoms with Crippen LogP contribution in [0.15, 0.2) is 53.8 Å². The van der Waals surface area contributed by atoms with Crippen LogP contribution in [0.5, 0.6) is 0 Å². The number of rotatable bonds is 4. The lowest BCUT2D eigenvalue weighted by molar-refractivity contribution is 0.288. The normalized spacial score (nSPS) is 13.6. The zero-order valence-corrected chi connectivity index (χ0v) is 16.4. The van der Waals surface area contributed by atoms with Crippen molar-refractivity contribution in [2.75, 3.05) is 0 Å². The standard InChI is InChI=1S/C20H22N6S/c1-13-5-4-6-16(9-13)12-25-19(22-23-24-25)17-11-21-26(20(17)27)18-10-14(2)7-8-15(18)3/h4-11,21,23-24H,12H2,1-3H3. The van der Waals surface area contributed by atoms with E-state index in [1.807, 2.05) is 15.9 Å². The monoisotopic (exact) mass is 378 g/mol. The third-order valence-corrected chi connectivity index (χ3v) is 5.05. The van der Waals surface area contributed by atoms with E-state index in [4.69, 9.17) is 12.2 Å². The Balaban J connectivity index is 1.66. The van der Waals surface area contributed by atoms with Gasteiger partial charge in [0.25, 0.3) is 0 Å². The Kier molecular flexibility index (Phi) is 4.55. The number of nitrogens with one attached hydrogen (secondary N) is 3. The molecule has 0 saturated carbocycles. The van der Waals surface area contributed by atoms with Crippen LogP contribution in [0.3, 0.4) is 0 Å². The number of nitrogens with zero attached hydrogens (tertiary/aromatic N) is 3. The third kappa shape index (κ3) is 3.39. The summed E-state index contributed by atoms with van der Waals surface area (Å²) in [6.45, 7) is 6.93. The molecule has 1 aromatic heterocycles. The van der Waals surface area contributed by atoms with Crippen molar-refractivity contribution in [3.05, 3.63) is 81.1 Å². The summed E-state index contributed by atoms with van der Waals surface area (Å²) in [5, 5.41) is 9.63. The number of hydrogen-bond acceptors (Lipinski definition) is 5. The summed E-state index contributed by atoms with van der Waals surface area (Å²) in [6, 6.07) is 14.8. The molecule has 0 spiro atoms. The number of hydrazine groups is 2. The van der Waals surface area contributed by atoms with Crippen molar-refractivity contribution >= 4 is 18.1 Å². The van der Waals surface area contributed by atoms with E-state index in [0.29, 0.717) is 11.2 Å². The van der Waals surface area contributed by atoms with Crippen molar-refractivity contribution in [1.82, 2.24) is 25.9 Å². The molecule has 1 aliphatic heterocycles. The van der Waals surface area contributed by atoms with Crippen LogP contribution in [0.2, 0.25) is 0 Å². The average Bonchev–Trinajstić information content (AvgIpc) is 3.23. The SMILES string of the molecule is Cc1cccc(CN2NNN=C2c2c[nH]n(-c3cc(C)ccc3C)c2=S)c1. The highest BCUT2D eigenvalue weighted by Gasteiger charge is 2.22. The summed E-state index contributed by atoms with van der Waals surface area (Å²) in [6.07, 6.45) is 1.90. The topological polar surface area (TPSA) is 60.4 Å². The molecule has 0 radical (unpaired) electrons. The number of hydrogen-bond donors (Lipinski definition) is 3. The minimum absolute atomic E-state index is 0.678. The number of aromatic amines is 1. The molecule has 0 unspecified atom stereocenters. The minimum atomic E-state index is 0.678. The van der Waals surface area contributed by atoms with Crippen LogP contribution in [0, 0.1) is 25.4 Å². The van der Waals surface area contributed by atoms with Gasteiger partial charge >= 0.3 is 0 Å². The molecular weight excluding hydrogens is 356 g/mol. The lowest BCUT2D eigenvalue weighted by Crippen LogP contribution is -2.40. The molecule has 0 saturated heterocycles. The smallest absolute Gasteiger partial charge is 0.177 e. The lowest BCUT2D eigenvalue weighted by Gasteiger charge is -2.18. The Morgan fingerprint density at radius 3 is 2.67 bits per heavy atom. The van der Waals surface area contributed by atoms with Gasteiger partial charge in [0, 0.05) is 6.20 Å². The predicted octanol–water partition coefficient (Wildman–Crippen LogP) is 3.65. The van der Waals surface area contributed by atoms with Crippen LogP contribution < -0.4 is 11.1 Å². The largest absolute Gasteiger partial charge is 0.299 e. The van der Waals surface area contributed by atoms with E-state index in [1.165, 1.54) is 16.7 Å². The minimum Gasteiger partial charge on any atom is -0.299 e. The number of amidine groups is 1. The van der Waals surface area contributed by atoms with Gasteiger partial charge in [-0.25, -0.2) is 10.2 Å². The second-order valence-electron chi connectivity index (χ2n) is 6.85. The van der Waals surface area contributed by atoms with Gasteiger partial charge < -0.3 is 0 Å². The van der Waals surface area contributed by atoms with Gasteiger partial charge in [0.05, 0.1) is 17.8 Å². The second-order valence-corrected chi connectivity index (χ2v) is 7.24. The van der Waals surface area contributed by atoms with E-state index in [-0.39, 0.29) is 0 Å². The third-order valence-electron chi connectivity index (χ3n) is 4.64.